The Labute approximate surface area is 111 Å². The van der Waals surface area contributed by atoms with Crippen LogP contribution < -0.4 is 11.1 Å². The third kappa shape index (κ3) is 4.84. The smallest absolute Gasteiger partial charge is 0.407 e. The molecule has 4 heteroatoms. The summed E-state index contributed by atoms with van der Waals surface area (Å²) < 4.78 is 5.26. The van der Waals surface area contributed by atoms with Gasteiger partial charge in [-0.2, -0.15) is 0 Å². The van der Waals surface area contributed by atoms with Crippen molar-refractivity contribution in [2.75, 3.05) is 0 Å². The van der Waals surface area contributed by atoms with E-state index in [0.29, 0.717) is 11.8 Å². The Kier molecular flexibility index (Phi) is 5.02. The van der Waals surface area contributed by atoms with E-state index in [2.05, 4.69) is 19.2 Å². The van der Waals surface area contributed by atoms with Crippen molar-refractivity contribution in [1.82, 2.24) is 5.32 Å². The minimum absolute atomic E-state index is 0.0404. The van der Waals surface area contributed by atoms with Crippen molar-refractivity contribution in [3.63, 3.8) is 0 Å². The number of hydrogen-bond acceptors (Lipinski definition) is 3. The fraction of sp³-hybridized carbons (Fsp3) is 0.929. The maximum Gasteiger partial charge on any atom is 0.407 e. The molecule has 1 aliphatic carbocycles. The van der Waals surface area contributed by atoms with Crippen LogP contribution in [0.25, 0.3) is 0 Å². The predicted octanol–water partition coefficient (Wildman–Crippen LogP) is 2.66. The number of amides is 1. The van der Waals surface area contributed by atoms with Crippen molar-refractivity contribution in [1.29, 1.82) is 0 Å². The summed E-state index contributed by atoms with van der Waals surface area (Å²) in [6.45, 7) is 10.1. The summed E-state index contributed by atoms with van der Waals surface area (Å²) in [5.74, 6) is 1.34. The Morgan fingerprint density at radius 1 is 1.33 bits per heavy atom. The van der Waals surface area contributed by atoms with Crippen molar-refractivity contribution in [2.24, 2.45) is 17.6 Å². The highest BCUT2D eigenvalue weighted by Gasteiger charge is 2.31. The number of hydrogen-bond donors (Lipinski definition) is 2. The lowest BCUT2D eigenvalue weighted by Gasteiger charge is -2.36. The van der Waals surface area contributed by atoms with Gasteiger partial charge in [0.1, 0.15) is 5.60 Å². The first-order valence-electron chi connectivity index (χ1n) is 6.94. The molecule has 1 rings (SSSR count). The molecule has 18 heavy (non-hydrogen) atoms. The van der Waals surface area contributed by atoms with Crippen LogP contribution in [0.4, 0.5) is 4.79 Å². The molecule has 0 spiro atoms. The summed E-state index contributed by atoms with van der Waals surface area (Å²) in [7, 11) is 0. The van der Waals surface area contributed by atoms with Crippen LogP contribution in [0.1, 0.15) is 53.9 Å². The zero-order valence-corrected chi connectivity index (χ0v) is 12.3. The number of carbonyl (C=O) groups is 1. The second kappa shape index (κ2) is 5.91. The van der Waals surface area contributed by atoms with Gasteiger partial charge in [0.05, 0.1) is 0 Å². The Hall–Kier alpha value is -0.770. The van der Waals surface area contributed by atoms with Crippen LogP contribution in [0.2, 0.25) is 0 Å². The third-order valence-corrected chi connectivity index (χ3v) is 3.59. The lowest BCUT2D eigenvalue weighted by Crippen LogP contribution is -2.52. The molecule has 3 atom stereocenters. The second-order valence-corrected chi connectivity index (χ2v) is 6.73. The molecule has 0 radical (unpaired) electrons. The molecule has 0 heterocycles. The molecule has 1 saturated carbocycles. The van der Waals surface area contributed by atoms with Crippen molar-refractivity contribution < 1.29 is 9.53 Å². The molecule has 0 saturated heterocycles. The minimum atomic E-state index is -0.455. The Morgan fingerprint density at radius 2 is 1.94 bits per heavy atom. The molecule has 1 aliphatic rings. The molecule has 4 nitrogen and oxygen atoms in total. The Balaban J connectivity index is 2.43. The van der Waals surface area contributed by atoms with E-state index >= 15 is 0 Å². The van der Waals surface area contributed by atoms with E-state index in [0.717, 1.165) is 19.3 Å². The number of nitrogens with one attached hydrogen (secondary N) is 1. The van der Waals surface area contributed by atoms with Crippen molar-refractivity contribution >= 4 is 6.09 Å². The molecule has 0 aromatic carbocycles. The van der Waals surface area contributed by atoms with E-state index in [1.165, 1.54) is 0 Å². The molecule has 1 fully saturated rings. The average molecular weight is 256 g/mol. The summed E-state index contributed by atoms with van der Waals surface area (Å²) >= 11 is 0. The van der Waals surface area contributed by atoms with E-state index in [1.54, 1.807) is 0 Å². The van der Waals surface area contributed by atoms with Gasteiger partial charge < -0.3 is 15.8 Å². The first kappa shape index (κ1) is 15.3. The number of rotatable bonds is 2. The van der Waals surface area contributed by atoms with Gasteiger partial charge in [0.25, 0.3) is 0 Å². The van der Waals surface area contributed by atoms with Gasteiger partial charge in [0.15, 0.2) is 0 Å². The largest absolute Gasteiger partial charge is 0.444 e. The Bertz CT molecular complexity index is 284. The summed E-state index contributed by atoms with van der Waals surface area (Å²) in [4.78, 5) is 11.7. The zero-order valence-electron chi connectivity index (χ0n) is 12.3. The van der Waals surface area contributed by atoms with E-state index in [-0.39, 0.29) is 18.2 Å². The SMILES string of the molecule is CC(C)C1CC[C@@H](NC(=O)OC(C)(C)C)[C@@H](N)C1. The van der Waals surface area contributed by atoms with Gasteiger partial charge in [0, 0.05) is 12.1 Å². The molecule has 0 bridgehead atoms. The molecule has 3 N–H and O–H groups in total. The number of nitrogens with two attached hydrogens (primary N) is 1. The lowest BCUT2D eigenvalue weighted by molar-refractivity contribution is 0.0473. The van der Waals surface area contributed by atoms with Gasteiger partial charge in [-0.3, -0.25) is 0 Å². The maximum atomic E-state index is 11.7. The monoisotopic (exact) mass is 256 g/mol. The molecule has 1 amide bonds. The van der Waals surface area contributed by atoms with E-state index in [1.807, 2.05) is 20.8 Å². The van der Waals surface area contributed by atoms with Crippen LogP contribution in [0, 0.1) is 11.8 Å². The van der Waals surface area contributed by atoms with Crippen LogP contribution in [0.3, 0.4) is 0 Å². The average Bonchev–Trinajstić information content (AvgIpc) is 2.17. The molecular weight excluding hydrogens is 228 g/mol. The van der Waals surface area contributed by atoms with Gasteiger partial charge >= 0.3 is 6.09 Å². The zero-order chi connectivity index (χ0) is 13.9. The molecule has 0 aromatic heterocycles. The first-order valence-corrected chi connectivity index (χ1v) is 6.94. The van der Waals surface area contributed by atoms with Crippen LogP contribution in [-0.4, -0.2) is 23.8 Å². The van der Waals surface area contributed by atoms with Crippen LogP contribution >= 0.6 is 0 Å². The van der Waals surface area contributed by atoms with E-state index in [4.69, 9.17) is 10.5 Å². The highest BCUT2D eigenvalue weighted by Crippen LogP contribution is 2.29. The highest BCUT2D eigenvalue weighted by atomic mass is 16.6. The van der Waals surface area contributed by atoms with Crippen molar-refractivity contribution in [2.45, 2.75) is 71.6 Å². The predicted molar refractivity (Wildman–Crippen MR) is 73.3 cm³/mol. The molecule has 0 aliphatic heterocycles. The fourth-order valence-corrected chi connectivity index (χ4v) is 2.48. The van der Waals surface area contributed by atoms with Crippen LogP contribution in [-0.2, 0) is 4.74 Å². The van der Waals surface area contributed by atoms with Crippen LogP contribution in [0.15, 0.2) is 0 Å². The molecular formula is C14H28N2O2. The van der Waals surface area contributed by atoms with Gasteiger partial charge in [-0.25, -0.2) is 4.79 Å². The van der Waals surface area contributed by atoms with Gasteiger partial charge in [0.2, 0.25) is 0 Å². The Morgan fingerprint density at radius 3 is 2.39 bits per heavy atom. The molecule has 1 unspecified atom stereocenters. The summed E-state index contributed by atoms with van der Waals surface area (Å²) in [6.07, 6.45) is 2.71. The standard InChI is InChI=1S/C14H28N2O2/c1-9(2)10-6-7-12(11(15)8-10)16-13(17)18-14(3,4)5/h9-12H,6-8,15H2,1-5H3,(H,16,17)/t10?,11-,12+/m0/s1. The van der Waals surface area contributed by atoms with Gasteiger partial charge in [-0.05, 0) is 51.9 Å². The number of alkyl carbamates (subject to hydrolysis) is 1. The summed E-state index contributed by atoms with van der Waals surface area (Å²) in [5.41, 5.74) is 5.69. The van der Waals surface area contributed by atoms with Gasteiger partial charge in [-0.15, -0.1) is 0 Å². The number of carbonyl (C=O) groups excluding carboxylic acids is 1. The third-order valence-electron chi connectivity index (χ3n) is 3.59. The summed E-state index contributed by atoms with van der Waals surface area (Å²) in [6, 6.07) is 0.0912. The summed E-state index contributed by atoms with van der Waals surface area (Å²) in [5, 5.41) is 2.90. The highest BCUT2D eigenvalue weighted by molar-refractivity contribution is 5.68. The first-order chi connectivity index (χ1) is 8.19. The maximum absolute atomic E-state index is 11.7. The minimum Gasteiger partial charge on any atom is -0.444 e. The fourth-order valence-electron chi connectivity index (χ4n) is 2.48. The van der Waals surface area contributed by atoms with Crippen molar-refractivity contribution in [3.8, 4) is 0 Å². The number of ether oxygens (including phenoxy) is 1. The molecule has 106 valence electrons. The quantitative estimate of drug-likeness (QED) is 0.798. The molecule has 0 aromatic rings. The second-order valence-electron chi connectivity index (χ2n) is 6.73. The van der Waals surface area contributed by atoms with E-state index < -0.39 is 5.60 Å². The lowest BCUT2D eigenvalue weighted by atomic mass is 9.77. The van der Waals surface area contributed by atoms with Crippen molar-refractivity contribution in [3.05, 3.63) is 0 Å². The van der Waals surface area contributed by atoms with Gasteiger partial charge in [-0.1, -0.05) is 13.8 Å². The van der Waals surface area contributed by atoms with Crippen LogP contribution in [0.5, 0.6) is 0 Å². The normalized spacial score (nSPS) is 29.2. The van der Waals surface area contributed by atoms with E-state index in [9.17, 15) is 4.79 Å². The topological polar surface area (TPSA) is 64.3 Å².